The first-order valence-electron chi connectivity index (χ1n) is 11.4. The summed E-state index contributed by atoms with van der Waals surface area (Å²) in [7, 11) is 1.92. The van der Waals surface area contributed by atoms with Crippen LogP contribution >= 0.6 is 23.1 Å². The molecule has 1 aromatic heterocycles. The third-order valence-corrected chi connectivity index (χ3v) is 7.60. The fourth-order valence-electron chi connectivity index (χ4n) is 4.46. The Morgan fingerprint density at radius 3 is 2.74 bits per heavy atom. The number of aromatic hydroxyl groups is 1. The zero-order chi connectivity index (χ0) is 25.3. The first-order valence-corrected chi connectivity index (χ1v) is 12.6. The van der Waals surface area contributed by atoms with Gasteiger partial charge in [-0.15, -0.1) is 0 Å². The fourth-order valence-corrected chi connectivity index (χ4v) is 5.60. The molecule has 0 aliphatic rings. The van der Waals surface area contributed by atoms with Crippen molar-refractivity contribution in [3.63, 3.8) is 0 Å². The molecule has 1 N–H and O–H groups in total. The number of phenolic OH excluding ortho intramolecular Hbond substituents is 1. The molecule has 0 radical (unpaired) electrons. The number of hydrogen-bond acceptors (Lipinski definition) is 5. The van der Waals surface area contributed by atoms with Crippen molar-refractivity contribution in [2.45, 2.75) is 26.3 Å². The van der Waals surface area contributed by atoms with Gasteiger partial charge in [-0.05, 0) is 72.4 Å². The Labute approximate surface area is 213 Å². The number of benzene rings is 3. The summed E-state index contributed by atoms with van der Waals surface area (Å²) in [4.78, 5) is 15.9. The average molecular weight is 512 g/mol. The van der Waals surface area contributed by atoms with Gasteiger partial charge in [-0.2, -0.15) is 4.37 Å². The highest BCUT2D eigenvalue weighted by Gasteiger charge is 2.23. The first kappa shape index (κ1) is 24.9. The molecule has 1 heterocycles. The second-order valence-electron chi connectivity index (χ2n) is 8.53. The second-order valence-corrected chi connectivity index (χ2v) is 9.69. The highest BCUT2D eigenvalue weighted by molar-refractivity contribution is 7.11. The Hall–Kier alpha value is -3.16. The van der Waals surface area contributed by atoms with E-state index in [9.17, 15) is 9.90 Å². The van der Waals surface area contributed by atoms with Crippen molar-refractivity contribution in [2.24, 2.45) is 0 Å². The van der Waals surface area contributed by atoms with Gasteiger partial charge in [0.1, 0.15) is 16.3 Å². The number of anilines is 1. The topological polar surface area (TPSA) is 56.7 Å². The summed E-state index contributed by atoms with van der Waals surface area (Å²) in [5.41, 5.74) is 0.989. The molecule has 0 saturated carbocycles. The van der Waals surface area contributed by atoms with E-state index in [-0.39, 0.29) is 33.8 Å². The number of fused-ring (bicyclic) bond motifs is 2. The van der Waals surface area contributed by atoms with Gasteiger partial charge in [0.2, 0.25) is 5.91 Å². The van der Waals surface area contributed by atoms with E-state index in [1.54, 1.807) is 17.0 Å². The molecule has 4 rings (SSSR count). The Morgan fingerprint density at radius 1 is 1.29 bits per heavy atom. The molecule has 0 aliphatic heterocycles. The molecular weight excluding hydrogens is 485 g/mol. The molecule has 1 atom stereocenters. The van der Waals surface area contributed by atoms with Gasteiger partial charge >= 0.3 is 0 Å². The Balaban J connectivity index is 1.68. The van der Waals surface area contributed by atoms with Crippen molar-refractivity contribution >= 4 is 55.7 Å². The number of hydrogen-bond donors (Lipinski definition) is 1. The lowest BCUT2D eigenvalue weighted by Gasteiger charge is -2.29. The summed E-state index contributed by atoms with van der Waals surface area (Å²) in [6.45, 7) is 8.78. The van der Waals surface area contributed by atoms with E-state index in [0.29, 0.717) is 24.0 Å². The van der Waals surface area contributed by atoms with Crippen molar-refractivity contribution < 1.29 is 14.3 Å². The summed E-state index contributed by atoms with van der Waals surface area (Å²) >= 11 is 7.86. The van der Waals surface area contributed by atoms with Crippen LogP contribution in [0.3, 0.4) is 0 Å². The second kappa shape index (κ2) is 10.2. The van der Waals surface area contributed by atoms with Crippen molar-refractivity contribution in [2.75, 3.05) is 25.0 Å². The molecule has 3 aromatic carbocycles. The van der Waals surface area contributed by atoms with Gasteiger partial charge in [-0.25, -0.2) is 4.39 Å². The van der Waals surface area contributed by atoms with Gasteiger partial charge in [0.25, 0.3) is 0 Å². The predicted molar refractivity (Wildman–Crippen MR) is 144 cm³/mol. The number of aromatic nitrogens is 1. The number of rotatable bonds is 8. The summed E-state index contributed by atoms with van der Waals surface area (Å²) < 4.78 is 20.3. The largest absolute Gasteiger partial charge is 0.508 e. The molecule has 1 amide bonds. The van der Waals surface area contributed by atoms with Crippen LogP contribution < -0.4 is 4.90 Å². The molecule has 4 aromatic rings. The number of amides is 1. The van der Waals surface area contributed by atoms with Gasteiger partial charge in [0.15, 0.2) is 5.82 Å². The fraction of sp³-hybridized carbons (Fsp3) is 0.259. The minimum Gasteiger partial charge on any atom is -0.508 e. The lowest BCUT2D eigenvalue weighted by Crippen LogP contribution is -2.39. The summed E-state index contributed by atoms with van der Waals surface area (Å²) in [6, 6.07) is 12.4. The minimum atomic E-state index is -0.513. The van der Waals surface area contributed by atoms with Crippen molar-refractivity contribution in [3.05, 3.63) is 66.0 Å². The third kappa shape index (κ3) is 4.70. The smallest absolute Gasteiger partial charge is 0.246 e. The van der Waals surface area contributed by atoms with Crippen LogP contribution in [-0.4, -0.2) is 46.5 Å². The van der Waals surface area contributed by atoms with E-state index in [4.69, 9.17) is 11.6 Å². The van der Waals surface area contributed by atoms with Crippen LogP contribution in [0.4, 0.5) is 9.39 Å². The Morgan fingerprint density at radius 2 is 2.03 bits per heavy atom. The van der Waals surface area contributed by atoms with Crippen LogP contribution in [0, 0.1) is 5.82 Å². The Kier molecular flexibility index (Phi) is 7.28. The lowest BCUT2D eigenvalue weighted by molar-refractivity contribution is -0.127. The molecule has 182 valence electrons. The van der Waals surface area contributed by atoms with Gasteiger partial charge in [0.05, 0.1) is 5.02 Å². The highest BCUT2D eigenvalue weighted by atomic mass is 35.5. The molecule has 0 fully saturated rings. The molecule has 1 unspecified atom stereocenters. The highest BCUT2D eigenvalue weighted by Crippen LogP contribution is 2.43. The van der Waals surface area contributed by atoms with Gasteiger partial charge < -0.3 is 14.9 Å². The molecule has 0 saturated heterocycles. The predicted octanol–water partition coefficient (Wildman–Crippen LogP) is 6.86. The molecule has 8 heteroatoms. The number of carbonyl (C=O) groups is 1. The van der Waals surface area contributed by atoms with Gasteiger partial charge in [-0.3, -0.25) is 4.79 Å². The normalized spacial score (nSPS) is 12.1. The van der Waals surface area contributed by atoms with Crippen molar-refractivity contribution in [3.8, 4) is 16.9 Å². The van der Waals surface area contributed by atoms with Crippen LogP contribution in [0.15, 0.2) is 55.1 Å². The number of carbonyl (C=O) groups excluding carboxylic acids is 1. The minimum absolute atomic E-state index is 0.0260. The SMILES string of the molecule is C=CC(=O)N(CC)C(C)CCN(C)c1snc2c(F)c(-c3cc(O)cc4ccccc34)c(Cl)cc12. The molecule has 0 spiro atoms. The maximum absolute atomic E-state index is 15.9. The summed E-state index contributed by atoms with van der Waals surface area (Å²) in [6.07, 6.45) is 2.06. The summed E-state index contributed by atoms with van der Waals surface area (Å²) in [5.74, 6) is -0.564. The monoisotopic (exact) mass is 511 g/mol. The van der Waals surface area contributed by atoms with Crippen LogP contribution in [-0.2, 0) is 4.79 Å². The van der Waals surface area contributed by atoms with Crippen LogP contribution in [0.2, 0.25) is 5.02 Å². The molecule has 5 nitrogen and oxygen atoms in total. The first-order chi connectivity index (χ1) is 16.8. The van der Waals surface area contributed by atoms with Gasteiger partial charge in [0, 0.05) is 37.1 Å². The van der Waals surface area contributed by atoms with Crippen LogP contribution in [0.5, 0.6) is 5.75 Å². The maximum Gasteiger partial charge on any atom is 0.246 e. The lowest BCUT2D eigenvalue weighted by atomic mass is 9.96. The summed E-state index contributed by atoms with van der Waals surface area (Å²) in [5, 5.41) is 13.5. The number of halogens is 2. The van der Waals surface area contributed by atoms with E-state index in [2.05, 4.69) is 11.0 Å². The van der Waals surface area contributed by atoms with Gasteiger partial charge in [-0.1, -0.05) is 42.4 Å². The quantitative estimate of drug-likeness (QED) is 0.262. The molecular formula is C27H27ClFN3O2S. The van der Waals surface area contributed by atoms with Crippen molar-refractivity contribution in [1.82, 2.24) is 9.27 Å². The number of nitrogens with zero attached hydrogens (tertiary/aromatic N) is 3. The number of likely N-dealkylation sites (N-methyl/N-ethyl adjacent to an activating group) is 1. The van der Waals surface area contributed by atoms with Crippen LogP contribution in [0.1, 0.15) is 20.3 Å². The zero-order valence-electron chi connectivity index (χ0n) is 19.9. The third-order valence-electron chi connectivity index (χ3n) is 6.32. The number of phenols is 1. The van der Waals surface area contributed by atoms with E-state index in [1.807, 2.05) is 50.1 Å². The molecule has 35 heavy (non-hydrogen) atoms. The van der Waals surface area contributed by atoms with E-state index in [1.165, 1.54) is 23.7 Å². The average Bonchev–Trinajstić information content (AvgIpc) is 3.26. The van der Waals surface area contributed by atoms with E-state index in [0.717, 1.165) is 22.2 Å². The van der Waals surface area contributed by atoms with E-state index >= 15 is 4.39 Å². The standard InChI is InChI=1S/C27H27ClFN3O2S/c1-5-23(34)32(6-2)16(3)11-12-31(4)27-21-15-22(28)24(25(29)26(21)30-35-27)20-14-18(33)13-17-9-7-8-10-19(17)20/h5,7-10,13-16,33H,1,6,11-12H2,2-4H3. The maximum atomic E-state index is 15.9. The molecule has 0 aliphatic carbocycles. The van der Waals surface area contributed by atoms with Crippen LogP contribution in [0.25, 0.3) is 32.8 Å². The van der Waals surface area contributed by atoms with Crippen molar-refractivity contribution in [1.29, 1.82) is 0 Å². The Bertz CT molecular complexity index is 1420. The zero-order valence-corrected chi connectivity index (χ0v) is 21.5. The molecule has 0 bridgehead atoms. The van der Waals surface area contributed by atoms with E-state index < -0.39 is 5.82 Å².